The van der Waals surface area contributed by atoms with Crippen molar-refractivity contribution in [2.45, 2.75) is 0 Å². The fourth-order valence-electron chi connectivity index (χ4n) is 2.47. The number of carbonyl (C=O) groups excluding carboxylic acids is 2. The first-order chi connectivity index (χ1) is 11.2. The van der Waals surface area contributed by atoms with E-state index in [0.717, 1.165) is 16.8 Å². The van der Waals surface area contributed by atoms with Crippen LogP contribution in [0.5, 0.6) is 0 Å². The first kappa shape index (κ1) is 14.7. The van der Waals surface area contributed by atoms with Gasteiger partial charge in [-0.2, -0.15) is 0 Å². The maximum absolute atomic E-state index is 11.0. The number of fused-ring (bicyclic) bond motifs is 2. The first-order valence-electron chi connectivity index (χ1n) is 7.17. The van der Waals surface area contributed by atoms with E-state index in [9.17, 15) is 9.59 Å². The number of hydrogen-bond donors (Lipinski definition) is 1. The Labute approximate surface area is 133 Å². The molecule has 5 nitrogen and oxygen atoms in total. The van der Waals surface area contributed by atoms with Gasteiger partial charge in [0.05, 0.1) is 11.3 Å². The number of aliphatic imine (C=N–C) groups is 1. The Balaban J connectivity index is 0.000000140. The van der Waals surface area contributed by atoms with Gasteiger partial charge in [-0.3, -0.25) is 9.69 Å². The third kappa shape index (κ3) is 3.03. The molecule has 114 valence electrons. The Morgan fingerprint density at radius 1 is 1.04 bits per heavy atom. The molecular formula is C18H15N3O2. The van der Waals surface area contributed by atoms with Crippen molar-refractivity contribution in [3.05, 3.63) is 71.3 Å². The Morgan fingerprint density at radius 2 is 1.74 bits per heavy atom. The number of nitrogens with two attached hydrogens (primary N) is 1. The monoisotopic (exact) mass is 305 g/mol. The van der Waals surface area contributed by atoms with Crippen LogP contribution < -0.4 is 10.6 Å². The van der Waals surface area contributed by atoms with Crippen LogP contribution in [0, 0.1) is 0 Å². The van der Waals surface area contributed by atoms with E-state index in [-0.39, 0.29) is 5.91 Å². The third-order valence-corrected chi connectivity index (χ3v) is 3.59. The molecule has 0 atom stereocenters. The van der Waals surface area contributed by atoms with Gasteiger partial charge >= 0.3 is 6.03 Å². The lowest BCUT2D eigenvalue weighted by molar-refractivity contribution is 0.101. The van der Waals surface area contributed by atoms with Crippen LogP contribution in [0.25, 0.3) is 6.08 Å². The fraction of sp³-hybridized carbons (Fsp3) is 0.0556. The van der Waals surface area contributed by atoms with Gasteiger partial charge in [-0.05, 0) is 17.7 Å². The van der Waals surface area contributed by atoms with Gasteiger partial charge in [-0.15, -0.1) is 0 Å². The van der Waals surface area contributed by atoms with Gasteiger partial charge in [-0.1, -0.05) is 48.6 Å². The van der Waals surface area contributed by atoms with Crippen molar-refractivity contribution in [2.24, 2.45) is 10.7 Å². The van der Waals surface area contributed by atoms with E-state index in [1.807, 2.05) is 54.6 Å². The summed E-state index contributed by atoms with van der Waals surface area (Å²) in [6, 6.07) is 14.7. The third-order valence-electron chi connectivity index (χ3n) is 3.59. The Morgan fingerprint density at radius 3 is 2.48 bits per heavy atom. The lowest BCUT2D eigenvalue weighted by atomic mass is 10.1. The smallest absolute Gasteiger partial charge is 0.319 e. The summed E-state index contributed by atoms with van der Waals surface area (Å²) in [7, 11) is 0. The summed E-state index contributed by atoms with van der Waals surface area (Å²) in [5.41, 5.74) is 8.79. The molecule has 0 saturated carbocycles. The zero-order chi connectivity index (χ0) is 16.2. The average Bonchev–Trinajstić information content (AvgIpc) is 2.96. The molecule has 0 bridgehead atoms. The first-order valence-corrected chi connectivity index (χ1v) is 7.17. The Kier molecular flexibility index (Phi) is 4.01. The van der Waals surface area contributed by atoms with Crippen molar-refractivity contribution in [2.75, 3.05) is 11.4 Å². The number of hydrogen-bond acceptors (Lipinski definition) is 2. The van der Waals surface area contributed by atoms with Crippen LogP contribution in [0.4, 0.5) is 10.5 Å². The summed E-state index contributed by atoms with van der Waals surface area (Å²) in [6.45, 7) is 0.562. The fourth-order valence-corrected chi connectivity index (χ4v) is 2.47. The molecule has 0 aliphatic carbocycles. The minimum Gasteiger partial charge on any atom is -0.351 e. The minimum atomic E-state index is -0.406. The average molecular weight is 305 g/mol. The van der Waals surface area contributed by atoms with Crippen LogP contribution in [0.3, 0.4) is 0 Å². The number of carbonyl (C=O) groups is 2. The highest BCUT2D eigenvalue weighted by Gasteiger charge is 2.16. The Bertz CT molecular complexity index is 825. The number of anilines is 1. The highest BCUT2D eigenvalue weighted by atomic mass is 16.2. The molecule has 2 heterocycles. The zero-order valence-electron chi connectivity index (χ0n) is 12.3. The number of amides is 3. The second-order valence-corrected chi connectivity index (χ2v) is 5.06. The summed E-state index contributed by atoms with van der Waals surface area (Å²) >= 11 is 0. The molecule has 0 spiro atoms. The quantitative estimate of drug-likeness (QED) is 0.812. The minimum absolute atomic E-state index is 0.129. The zero-order valence-corrected chi connectivity index (χ0v) is 12.3. The van der Waals surface area contributed by atoms with E-state index in [0.29, 0.717) is 12.1 Å². The van der Waals surface area contributed by atoms with Crippen LogP contribution >= 0.6 is 0 Å². The maximum atomic E-state index is 11.0. The summed E-state index contributed by atoms with van der Waals surface area (Å²) < 4.78 is 0. The second-order valence-electron chi connectivity index (χ2n) is 5.06. The van der Waals surface area contributed by atoms with Crippen LogP contribution in [-0.4, -0.2) is 24.7 Å². The topological polar surface area (TPSA) is 75.8 Å². The predicted octanol–water partition coefficient (Wildman–Crippen LogP) is 2.86. The van der Waals surface area contributed by atoms with Crippen molar-refractivity contribution in [1.82, 2.24) is 0 Å². The molecule has 0 saturated heterocycles. The van der Waals surface area contributed by atoms with Gasteiger partial charge in [-0.25, -0.2) is 9.79 Å². The van der Waals surface area contributed by atoms with Crippen molar-refractivity contribution >= 4 is 29.9 Å². The molecule has 0 aromatic heterocycles. The predicted molar refractivity (Wildman–Crippen MR) is 90.8 cm³/mol. The lowest BCUT2D eigenvalue weighted by Crippen LogP contribution is -2.37. The largest absolute Gasteiger partial charge is 0.351 e. The van der Waals surface area contributed by atoms with E-state index in [2.05, 4.69) is 4.99 Å². The van der Waals surface area contributed by atoms with Crippen molar-refractivity contribution in [3.63, 3.8) is 0 Å². The normalized spacial score (nSPS) is 13.9. The van der Waals surface area contributed by atoms with Gasteiger partial charge in [0.2, 0.25) is 0 Å². The number of primary amides is 1. The highest BCUT2D eigenvalue weighted by molar-refractivity contribution is 6.12. The van der Waals surface area contributed by atoms with Gasteiger partial charge < -0.3 is 5.73 Å². The number of para-hydroxylation sites is 1. The molecule has 4 rings (SSSR count). The molecule has 2 aliphatic heterocycles. The molecule has 5 heteroatoms. The summed E-state index contributed by atoms with van der Waals surface area (Å²) in [5, 5.41) is 0. The summed E-state index contributed by atoms with van der Waals surface area (Å²) in [6.07, 6.45) is 5.51. The second kappa shape index (κ2) is 6.27. The molecule has 0 fully saturated rings. The molecule has 0 unspecified atom stereocenters. The molecule has 2 aromatic rings. The molecule has 3 amide bonds. The van der Waals surface area contributed by atoms with Crippen molar-refractivity contribution < 1.29 is 9.59 Å². The van der Waals surface area contributed by atoms with Crippen molar-refractivity contribution in [3.8, 4) is 0 Å². The Hall–Kier alpha value is -3.21. The standard InChI is InChI=1S/C10H10N2O.C8H5NO/c11-10(13)12-7-3-5-8-4-1-2-6-9(8)12;10-8-7-4-2-1-3-6(7)5-9-8/h1-6H,7H2,(H2,11,13);1-5H. The van der Waals surface area contributed by atoms with Gasteiger partial charge in [0.15, 0.2) is 0 Å². The van der Waals surface area contributed by atoms with E-state index < -0.39 is 6.03 Å². The molecule has 23 heavy (non-hydrogen) atoms. The maximum Gasteiger partial charge on any atom is 0.319 e. The van der Waals surface area contributed by atoms with Gasteiger partial charge in [0, 0.05) is 18.3 Å². The summed E-state index contributed by atoms with van der Waals surface area (Å²) in [4.78, 5) is 27.1. The molecule has 2 aliphatic rings. The van der Waals surface area contributed by atoms with Crippen LogP contribution in [0.2, 0.25) is 0 Å². The number of benzene rings is 2. The molecular weight excluding hydrogens is 290 g/mol. The van der Waals surface area contributed by atoms with E-state index in [1.54, 1.807) is 17.2 Å². The number of urea groups is 1. The van der Waals surface area contributed by atoms with Gasteiger partial charge in [0.25, 0.3) is 5.91 Å². The summed E-state index contributed by atoms with van der Waals surface area (Å²) in [5.74, 6) is -0.129. The SMILES string of the molecule is NC(=O)N1CC=Cc2ccccc21.O=C1N=Cc2ccccc21. The number of nitrogens with zero attached hydrogens (tertiary/aromatic N) is 2. The van der Waals surface area contributed by atoms with E-state index in [1.165, 1.54) is 0 Å². The van der Waals surface area contributed by atoms with E-state index in [4.69, 9.17) is 5.73 Å². The number of rotatable bonds is 0. The molecule has 2 N–H and O–H groups in total. The van der Waals surface area contributed by atoms with Crippen molar-refractivity contribution in [1.29, 1.82) is 0 Å². The molecule has 2 aromatic carbocycles. The van der Waals surface area contributed by atoms with Crippen LogP contribution in [-0.2, 0) is 0 Å². The van der Waals surface area contributed by atoms with Crippen LogP contribution in [0.15, 0.2) is 59.6 Å². The van der Waals surface area contributed by atoms with Gasteiger partial charge in [0.1, 0.15) is 0 Å². The lowest BCUT2D eigenvalue weighted by Gasteiger charge is -2.23. The van der Waals surface area contributed by atoms with E-state index >= 15 is 0 Å². The van der Waals surface area contributed by atoms with Crippen LogP contribution in [0.1, 0.15) is 21.5 Å². The highest BCUT2D eigenvalue weighted by Crippen LogP contribution is 2.24. The molecule has 0 radical (unpaired) electrons.